The molecular weight excluding hydrogens is 369 g/mol. The molecule has 3 rings (SSSR count). The number of aryl methyl sites for hydroxylation is 1. The Hall–Kier alpha value is -2.84. The summed E-state index contributed by atoms with van der Waals surface area (Å²) >= 11 is 0. The second-order valence-electron chi connectivity index (χ2n) is 6.02. The number of halogens is 1. The third-order valence-corrected chi connectivity index (χ3v) is 5.47. The first-order chi connectivity index (χ1) is 12.8. The normalized spacial score (nSPS) is 11.5. The Morgan fingerprint density at radius 3 is 2.37 bits per heavy atom. The van der Waals surface area contributed by atoms with Crippen LogP contribution in [0.2, 0.25) is 0 Å². The molecule has 0 saturated carbocycles. The van der Waals surface area contributed by atoms with Crippen molar-refractivity contribution < 1.29 is 12.8 Å². The summed E-state index contributed by atoms with van der Waals surface area (Å²) in [5.41, 5.74) is 1.70. The molecule has 140 valence electrons. The molecule has 0 unspecified atom stereocenters. The van der Waals surface area contributed by atoms with Crippen molar-refractivity contribution in [2.75, 3.05) is 6.54 Å². The van der Waals surface area contributed by atoms with Gasteiger partial charge < -0.3 is 0 Å². The fraction of sp³-hybridized carbons (Fsp3) is 0.158. The van der Waals surface area contributed by atoms with Gasteiger partial charge in [0.1, 0.15) is 5.82 Å². The molecule has 0 aliphatic rings. The molecule has 0 radical (unpaired) electrons. The fourth-order valence-corrected chi connectivity index (χ4v) is 3.49. The van der Waals surface area contributed by atoms with Crippen molar-refractivity contribution in [3.05, 3.63) is 82.7 Å². The summed E-state index contributed by atoms with van der Waals surface area (Å²) in [6, 6.07) is 13.5. The highest BCUT2D eigenvalue weighted by Crippen LogP contribution is 2.15. The zero-order valence-electron chi connectivity index (χ0n) is 14.6. The van der Waals surface area contributed by atoms with E-state index in [0.29, 0.717) is 11.3 Å². The van der Waals surface area contributed by atoms with Crippen LogP contribution in [-0.4, -0.2) is 24.5 Å². The molecule has 0 aliphatic heterocycles. The summed E-state index contributed by atoms with van der Waals surface area (Å²) in [5.74, 6) is -0.368. The average molecular weight is 387 g/mol. The zero-order chi connectivity index (χ0) is 19.4. The van der Waals surface area contributed by atoms with E-state index >= 15 is 0 Å². The summed E-state index contributed by atoms with van der Waals surface area (Å²) < 4.78 is 41.2. The van der Waals surface area contributed by atoms with Crippen molar-refractivity contribution in [2.45, 2.75) is 18.4 Å². The monoisotopic (exact) mass is 387 g/mol. The molecule has 3 aromatic rings. The van der Waals surface area contributed by atoms with Crippen LogP contribution in [0.4, 0.5) is 4.39 Å². The standard InChI is InChI=1S/C19H18FN3O3S/c1-14-2-8-17(9-3-14)27(25,26)22-10-11-23-13-21-18(12-19(23)24)15-4-6-16(20)7-5-15/h2-9,12-13,22H,10-11H2,1H3. The molecule has 0 aliphatic carbocycles. The van der Waals surface area contributed by atoms with E-state index in [-0.39, 0.29) is 29.4 Å². The van der Waals surface area contributed by atoms with Gasteiger partial charge in [0.05, 0.1) is 16.9 Å². The molecule has 8 heteroatoms. The van der Waals surface area contributed by atoms with Crippen molar-refractivity contribution in [3.63, 3.8) is 0 Å². The molecule has 0 atom stereocenters. The van der Waals surface area contributed by atoms with E-state index in [2.05, 4.69) is 9.71 Å². The summed E-state index contributed by atoms with van der Waals surface area (Å²) in [6.45, 7) is 2.06. The van der Waals surface area contributed by atoms with Crippen LogP contribution in [-0.2, 0) is 16.6 Å². The van der Waals surface area contributed by atoms with E-state index in [0.717, 1.165) is 5.56 Å². The number of aromatic nitrogens is 2. The van der Waals surface area contributed by atoms with Gasteiger partial charge >= 0.3 is 0 Å². The average Bonchev–Trinajstić information content (AvgIpc) is 2.64. The highest BCUT2D eigenvalue weighted by Gasteiger charge is 2.13. The Balaban J connectivity index is 1.67. The molecule has 0 amide bonds. The fourth-order valence-electron chi connectivity index (χ4n) is 2.47. The van der Waals surface area contributed by atoms with E-state index in [1.807, 2.05) is 6.92 Å². The highest BCUT2D eigenvalue weighted by atomic mass is 32.2. The van der Waals surface area contributed by atoms with Crippen molar-refractivity contribution in [1.82, 2.24) is 14.3 Å². The lowest BCUT2D eigenvalue weighted by Gasteiger charge is -2.09. The third-order valence-electron chi connectivity index (χ3n) is 4.00. The lowest BCUT2D eigenvalue weighted by atomic mass is 10.1. The Kier molecular flexibility index (Phi) is 5.48. The Bertz CT molecular complexity index is 1090. The van der Waals surface area contributed by atoms with Gasteiger partial charge in [-0.1, -0.05) is 17.7 Å². The first-order valence-corrected chi connectivity index (χ1v) is 9.72. The second-order valence-corrected chi connectivity index (χ2v) is 7.79. The molecule has 2 aromatic carbocycles. The van der Waals surface area contributed by atoms with Gasteiger partial charge in [0.25, 0.3) is 5.56 Å². The maximum Gasteiger partial charge on any atom is 0.253 e. The number of sulfonamides is 1. The first kappa shape index (κ1) is 18.9. The molecule has 0 saturated heterocycles. The van der Waals surface area contributed by atoms with E-state index in [9.17, 15) is 17.6 Å². The second kappa shape index (κ2) is 7.81. The topological polar surface area (TPSA) is 81.1 Å². The summed E-state index contributed by atoms with van der Waals surface area (Å²) in [7, 11) is -3.64. The largest absolute Gasteiger partial charge is 0.298 e. The molecule has 6 nitrogen and oxygen atoms in total. The van der Waals surface area contributed by atoms with Crippen LogP contribution in [0.1, 0.15) is 5.56 Å². The minimum atomic E-state index is -3.64. The van der Waals surface area contributed by atoms with Gasteiger partial charge in [0.2, 0.25) is 10.0 Å². The predicted octanol–water partition coefficient (Wildman–Crippen LogP) is 2.34. The van der Waals surface area contributed by atoms with Gasteiger partial charge in [0, 0.05) is 24.7 Å². The van der Waals surface area contributed by atoms with Gasteiger partial charge in [-0.2, -0.15) is 0 Å². The zero-order valence-corrected chi connectivity index (χ0v) is 15.4. The highest BCUT2D eigenvalue weighted by molar-refractivity contribution is 7.89. The lowest BCUT2D eigenvalue weighted by Crippen LogP contribution is -2.30. The predicted molar refractivity (Wildman–Crippen MR) is 100 cm³/mol. The number of nitrogens with zero attached hydrogens (tertiary/aromatic N) is 2. The summed E-state index contributed by atoms with van der Waals surface area (Å²) in [6.07, 6.45) is 1.35. The third kappa shape index (κ3) is 4.66. The number of benzene rings is 2. The molecule has 0 fully saturated rings. The van der Waals surface area contributed by atoms with Crippen LogP contribution in [0, 0.1) is 12.7 Å². The van der Waals surface area contributed by atoms with E-state index in [4.69, 9.17) is 0 Å². The van der Waals surface area contributed by atoms with E-state index in [1.54, 1.807) is 12.1 Å². The maximum absolute atomic E-state index is 13.0. The van der Waals surface area contributed by atoms with Crippen LogP contribution < -0.4 is 10.3 Å². The van der Waals surface area contributed by atoms with Crippen LogP contribution in [0.25, 0.3) is 11.3 Å². The lowest BCUT2D eigenvalue weighted by molar-refractivity contribution is 0.569. The molecule has 0 bridgehead atoms. The van der Waals surface area contributed by atoms with E-state index < -0.39 is 10.0 Å². The Labute approximate surface area is 156 Å². The number of nitrogens with one attached hydrogen (secondary N) is 1. The molecule has 1 N–H and O–H groups in total. The van der Waals surface area contributed by atoms with E-state index in [1.165, 1.54) is 53.4 Å². The van der Waals surface area contributed by atoms with Gasteiger partial charge in [-0.3, -0.25) is 9.36 Å². The molecular formula is C19H18FN3O3S. The molecule has 27 heavy (non-hydrogen) atoms. The van der Waals surface area contributed by atoms with Crippen LogP contribution >= 0.6 is 0 Å². The number of rotatable bonds is 6. The van der Waals surface area contributed by atoms with Crippen LogP contribution in [0.3, 0.4) is 0 Å². The van der Waals surface area contributed by atoms with Crippen molar-refractivity contribution >= 4 is 10.0 Å². The van der Waals surface area contributed by atoms with Gasteiger partial charge in [-0.15, -0.1) is 0 Å². The minimum absolute atomic E-state index is 0.0493. The van der Waals surface area contributed by atoms with Crippen molar-refractivity contribution in [3.8, 4) is 11.3 Å². The summed E-state index contributed by atoms with van der Waals surface area (Å²) in [4.78, 5) is 16.6. The number of hydrogen-bond donors (Lipinski definition) is 1. The SMILES string of the molecule is Cc1ccc(S(=O)(=O)NCCn2cnc(-c3ccc(F)cc3)cc2=O)cc1. The van der Waals surface area contributed by atoms with Gasteiger partial charge in [-0.05, 0) is 43.3 Å². The first-order valence-electron chi connectivity index (χ1n) is 8.24. The number of hydrogen-bond acceptors (Lipinski definition) is 4. The Morgan fingerprint density at radius 2 is 1.74 bits per heavy atom. The van der Waals surface area contributed by atoms with Crippen LogP contribution in [0.5, 0.6) is 0 Å². The van der Waals surface area contributed by atoms with Gasteiger partial charge in [-0.25, -0.2) is 22.5 Å². The van der Waals surface area contributed by atoms with Crippen molar-refractivity contribution in [1.29, 1.82) is 0 Å². The molecule has 0 spiro atoms. The van der Waals surface area contributed by atoms with Crippen LogP contribution in [0.15, 0.2) is 70.6 Å². The minimum Gasteiger partial charge on any atom is -0.298 e. The quantitative estimate of drug-likeness (QED) is 0.704. The van der Waals surface area contributed by atoms with Gasteiger partial charge in [0.15, 0.2) is 0 Å². The Morgan fingerprint density at radius 1 is 1.07 bits per heavy atom. The smallest absolute Gasteiger partial charge is 0.253 e. The summed E-state index contributed by atoms with van der Waals surface area (Å²) in [5, 5.41) is 0. The van der Waals surface area contributed by atoms with Crippen molar-refractivity contribution in [2.24, 2.45) is 0 Å². The maximum atomic E-state index is 13.0. The molecule has 1 aromatic heterocycles. The molecule has 1 heterocycles.